The van der Waals surface area contributed by atoms with Crippen molar-refractivity contribution in [3.05, 3.63) is 87.9 Å². The van der Waals surface area contributed by atoms with Crippen LogP contribution in [0.3, 0.4) is 0 Å². The molecule has 4 heterocycles. The largest absolute Gasteiger partial charge is 1.00 e. The van der Waals surface area contributed by atoms with E-state index in [4.69, 9.17) is 4.74 Å². The summed E-state index contributed by atoms with van der Waals surface area (Å²) >= 11 is 1.36. The molecule has 5 nitrogen and oxygen atoms in total. The Morgan fingerprint density at radius 3 is 2.25 bits per heavy atom. The summed E-state index contributed by atoms with van der Waals surface area (Å²) in [7, 11) is 0. The summed E-state index contributed by atoms with van der Waals surface area (Å²) in [6, 6.07) is 11.7. The van der Waals surface area contributed by atoms with Crippen molar-refractivity contribution in [1.82, 2.24) is 4.98 Å². The zero-order chi connectivity index (χ0) is 24.4. The number of nitrogens with zero attached hydrogens (tertiary/aromatic N) is 2. The second-order valence-electron chi connectivity index (χ2n) is 9.67. The maximum absolute atomic E-state index is 13.9. The molecule has 3 aliphatic heterocycles. The summed E-state index contributed by atoms with van der Waals surface area (Å²) in [4.78, 5) is 30.1. The molecule has 1 aromatic heterocycles. The van der Waals surface area contributed by atoms with Crippen molar-refractivity contribution in [3.63, 3.8) is 0 Å². The van der Waals surface area contributed by atoms with Gasteiger partial charge >= 0.3 is 5.97 Å². The molecule has 3 aliphatic rings. The highest BCUT2D eigenvalue weighted by atomic mass is 79.9. The second-order valence-corrected chi connectivity index (χ2v) is 10.6. The lowest BCUT2D eigenvalue weighted by Crippen LogP contribution is -3.00. The molecule has 2 aromatic carbocycles. The standard InChI is InChI=1S/C27H27F2N2O3S.BrH/c28-22-5-1-3-19(13-22)26(20-4-2-6-23(29)14-20)34-25(33)15-21-16-31(10-7-18(21)8-11-31)17-24(32)27-30-9-12-35-27;/h1-6,9,12-14,18,21,26H,7-8,10-11,15-17H2;1H/q+1;/p-1/t18?,21-,31?;/m0./s1. The number of ether oxygens (including phenoxy) is 1. The Labute approximate surface area is 223 Å². The number of quaternary nitrogens is 1. The van der Waals surface area contributed by atoms with E-state index >= 15 is 0 Å². The average Bonchev–Trinajstić information content (AvgIpc) is 3.38. The predicted octanol–water partition coefficient (Wildman–Crippen LogP) is 2.19. The molecular formula is C27H27BrF2N2O3S. The predicted molar refractivity (Wildman–Crippen MR) is 128 cm³/mol. The number of carbonyl (C=O) groups is 2. The maximum atomic E-state index is 13.9. The van der Waals surface area contributed by atoms with Gasteiger partial charge in [0.15, 0.2) is 11.1 Å². The van der Waals surface area contributed by atoms with Gasteiger partial charge in [-0.2, -0.15) is 0 Å². The van der Waals surface area contributed by atoms with Gasteiger partial charge in [-0.15, -0.1) is 11.3 Å². The van der Waals surface area contributed by atoms with Crippen LogP contribution in [0.15, 0.2) is 60.1 Å². The van der Waals surface area contributed by atoms with E-state index < -0.39 is 23.7 Å². The molecule has 2 bridgehead atoms. The monoisotopic (exact) mass is 576 g/mol. The third kappa shape index (κ3) is 5.90. The zero-order valence-electron chi connectivity index (χ0n) is 19.6. The zero-order valence-corrected chi connectivity index (χ0v) is 22.0. The van der Waals surface area contributed by atoms with Gasteiger partial charge in [0.1, 0.15) is 18.2 Å². The van der Waals surface area contributed by atoms with Gasteiger partial charge in [0, 0.05) is 30.3 Å². The minimum Gasteiger partial charge on any atom is -1.00 e. The molecule has 0 amide bonds. The number of thiazole rings is 1. The molecular weight excluding hydrogens is 550 g/mol. The lowest BCUT2D eigenvalue weighted by atomic mass is 9.75. The van der Waals surface area contributed by atoms with Gasteiger partial charge in [-0.1, -0.05) is 24.3 Å². The van der Waals surface area contributed by atoms with Crippen LogP contribution in [0.4, 0.5) is 8.78 Å². The van der Waals surface area contributed by atoms with Crippen molar-refractivity contribution in [3.8, 4) is 0 Å². The minimum absolute atomic E-state index is 0. The molecule has 190 valence electrons. The van der Waals surface area contributed by atoms with E-state index in [0.717, 1.165) is 32.5 Å². The van der Waals surface area contributed by atoms with Gasteiger partial charge in [-0.3, -0.25) is 9.59 Å². The number of hydrogen-bond acceptors (Lipinski definition) is 5. The topological polar surface area (TPSA) is 56.3 Å². The molecule has 0 radical (unpaired) electrons. The SMILES string of the molecule is O=C(C[C@H]1C[N+]2(CC(=O)c3nccs3)CCC1CC2)OC(c1cccc(F)c1)c1cccc(F)c1.[Br-]. The van der Waals surface area contributed by atoms with Crippen molar-refractivity contribution in [2.24, 2.45) is 11.8 Å². The minimum atomic E-state index is -0.899. The first-order valence-corrected chi connectivity index (χ1v) is 12.8. The van der Waals surface area contributed by atoms with Gasteiger partial charge in [0.05, 0.1) is 26.1 Å². The fourth-order valence-electron chi connectivity index (χ4n) is 5.68. The lowest BCUT2D eigenvalue weighted by molar-refractivity contribution is -0.939. The quantitative estimate of drug-likeness (QED) is 0.234. The van der Waals surface area contributed by atoms with E-state index in [0.29, 0.717) is 33.1 Å². The Balaban J connectivity index is 0.00000304. The summed E-state index contributed by atoms with van der Waals surface area (Å²) in [6.07, 6.45) is 2.91. The van der Waals surface area contributed by atoms with Crippen LogP contribution in [0.1, 0.15) is 46.3 Å². The highest BCUT2D eigenvalue weighted by molar-refractivity contribution is 7.11. The van der Waals surface area contributed by atoms with E-state index in [2.05, 4.69) is 4.98 Å². The van der Waals surface area contributed by atoms with Crippen LogP contribution >= 0.6 is 11.3 Å². The average molecular weight is 577 g/mol. The summed E-state index contributed by atoms with van der Waals surface area (Å²) in [5.41, 5.74) is 0.908. The third-order valence-electron chi connectivity index (χ3n) is 7.37. The number of piperidine rings is 3. The number of rotatable bonds is 8. The van der Waals surface area contributed by atoms with Crippen molar-refractivity contribution in [2.75, 3.05) is 26.2 Å². The van der Waals surface area contributed by atoms with Crippen LogP contribution in [-0.2, 0) is 9.53 Å². The van der Waals surface area contributed by atoms with Crippen LogP contribution in [-0.4, -0.2) is 47.4 Å². The van der Waals surface area contributed by atoms with Gasteiger partial charge in [-0.05, 0) is 41.3 Å². The van der Waals surface area contributed by atoms with Crippen molar-refractivity contribution in [1.29, 1.82) is 0 Å². The summed E-state index contributed by atoms with van der Waals surface area (Å²) in [5.74, 6) is -0.720. The molecule has 9 heteroatoms. The Hall–Kier alpha value is -2.49. The van der Waals surface area contributed by atoms with Crippen molar-refractivity contribution in [2.45, 2.75) is 25.4 Å². The molecule has 3 saturated heterocycles. The molecule has 36 heavy (non-hydrogen) atoms. The van der Waals surface area contributed by atoms with Gasteiger partial charge in [-0.25, -0.2) is 13.8 Å². The number of benzene rings is 2. The first-order chi connectivity index (χ1) is 16.9. The van der Waals surface area contributed by atoms with E-state index in [-0.39, 0.29) is 35.1 Å². The summed E-state index contributed by atoms with van der Waals surface area (Å²) in [6.45, 7) is 3.02. The lowest BCUT2D eigenvalue weighted by Gasteiger charge is -2.52. The van der Waals surface area contributed by atoms with E-state index in [1.807, 2.05) is 5.38 Å². The number of fused-ring (bicyclic) bond motifs is 3. The van der Waals surface area contributed by atoms with Crippen molar-refractivity contribution >= 4 is 23.1 Å². The second kappa shape index (κ2) is 11.3. The fraction of sp³-hybridized carbons (Fsp3) is 0.370. The van der Waals surface area contributed by atoms with Crippen LogP contribution in [0.2, 0.25) is 0 Å². The van der Waals surface area contributed by atoms with Crippen molar-refractivity contribution < 1.29 is 44.6 Å². The number of ketones is 1. The number of Topliss-reactive ketones (excluding diaryl/α,β-unsaturated/α-hetero) is 1. The molecule has 6 rings (SSSR count). The van der Waals surface area contributed by atoms with Gasteiger partial charge < -0.3 is 26.2 Å². The number of halogens is 3. The van der Waals surface area contributed by atoms with E-state index in [1.54, 1.807) is 30.5 Å². The van der Waals surface area contributed by atoms with E-state index in [9.17, 15) is 18.4 Å². The highest BCUT2D eigenvalue weighted by Gasteiger charge is 2.47. The first-order valence-electron chi connectivity index (χ1n) is 11.9. The molecule has 3 aromatic rings. The summed E-state index contributed by atoms with van der Waals surface area (Å²) in [5, 5.41) is 2.34. The molecule has 0 N–H and O–H groups in total. The van der Waals surface area contributed by atoms with E-state index in [1.165, 1.54) is 35.6 Å². The third-order valence-corrected chi connectivity index (χ3v) is 8.18. The number of carbonyl (C=O) groups excluding carboxylic acids is 2. The Bertz CT molecular complexity index is 1170. The van der Waals surface area contributed by atoms with Crippen LogP contribution in [0.5, 0.6) is 0 Å². The molecule has 3 fully saturated rings. The molecule has 0 unspecified atom stereocenters. The van der Waals surface area contributed by atoms with Crippen LogP contribution < -0.4 is 17.0 Å². The highest BCUT2D eigenvalue weighted by Crippen LogP contribution is 2.40. The fourth-order valence-corrected chi connectivity index (χ4v) is 6.25. The number of hydrogen-bond donors (Lipinski definition) is 0. The summed E-state index contributed by atoms with van der Waals surface area (Å²) < 4.78 is 34.4. The smallest absolute Gasteiger partial charge is 0.307 e. The maximum Gasteiger partial charge on any atom is 0.307 e. The van der Waals surface area contributed by atoms with Gasteiger partial charge in [0.25, 0.3) is 0 Å². The molecule has 1 atom stereocenters. The normalized spacial score (nSPS) is 22.8. The Morgan fingerprint density at radius 1 is 1.06 bits per heavy atom. The molecule has 0 spiro atoms. The Kier molecular flexibility index (Phi) is 8.32. The van der Waals surface area contributed by atoms with Crippen LogP contribution in [0.25, 0.3) is 0 Å². The number of aromatic nitrogens is 1. The van der Waals surface area contributed by atoms with Gasteiger partial charge in [0.2, 0.25) is 5.78 Å². The Morgan fingerprint density at radius 2 is 1.69 bits per heavy atom. The molecule has 0 saturated carbocycles. The van der Waals surface area contributed by atoms with Crippen LogP contribution in [0, 0.1) is 23.5 Å². The number of esters is 1. The first kappa shape index (κ1) is 26.6. The molecule has 0 aliphatic carbocycles.